The van der Waals surface area contributed by atoms with Gasteiger partial charge < -0.3 is 14.2 Å². The molecule has 1 aromatic heterocycles. The maximum Gasteiger partial charge on any atom is 0.240 e. The smallest absolute Gasteiger partial charge is 0.240 e. The predicted molar refractivity (Wildman–Crippen MR) is 135 cm³/mol. The number of ether oxygens (including phenoxy) is 3. The van der Waals surface area contributed by atoms with Crippen LogP contribution in [0.2, 0.25) is 5.02 Å². The number of methoxy groups -OCH3 is 1. The topological polar surface area (TPSA) is 102 Å². The molecule has 2 amide bonds. The Bertz CT molecular complexity index is 1470. The van der Waals surface area contributed by atoms with Crippen LogP contribution in [0.1, 0.15) is 25.3 Å². The van der Waals surface area contributed by atoms with Gasteiger partial charge in [0.2, 0.25) is 17.7 Å². The summed E-state index contributed by atoms with van der Waals surface area (Å²) >= 11 is 5.91. The van der Waals surface area contributed by atoms with Crippen LogP contribution in [-0.4, -0.2) is 47.8 Å². The quantitative estimate of drug-likeness (QED) is 0.450. The van der Waals surface area contributed by atoms with E-state index in [2.05, 4.69) is 11.1 Å². The lowest BCUT2D eigenvalue weighted by Crippen LogP contribution is -2.50. The average molecular weight is 518 g/mol. The van der Waals surface area contributed by atoms with Crippen LogP contribution in [-0.2, 0) is 19.1 Å². The summed E-state index contributed by atoms with van der Waals surface area (Å²) in [7, 11) is 1.60. The van der Waals surface area contributed by atoms with E-state index in [1.807, 2.05) is 31.2 Å². The monoisotopic (exact) mass is 517 g/mol. The number of amides is 2. The first-order valence-corrected chi connectivity index (χ1v) is 12.5. The van der Waals surface area contributed by atoms with E-state index in [0.29, 0.717) is 45.8 Å². The number of benzene rings is 2. The normalized spacial score (nSPS) is 30.1. The lowest BCUT2D eigenvalue weighted by Gasteiger charge is -2.35. The van der Waals surface area contributed by atoms with Crippen molar-refractivity contribution in [2.75, 3.05) is 18.6 Å². The van der Waals surface area contributed by atoms with E-state index in [-0.39, 0.29) is 24.5 Å². The molecule has 3 aliphatic rings. The second-order valence-electron chi connectivity index (χ2n) is 9.95. The zero-order valence-electron chi connectivity index (χ0n) is 20.3. The number of pyridine rings is 1. The first kappa shape index (κ1) is 23.9. The van der Waals surface area contributed by atoms with Crippen LogP contribution < -0.4 is 9.64 Å². The Morgan fingerprint density at radius 2 is 1.89 bits per heavy atom. The number of carbonyl (C=O) groups is 2. The van der Waals surface area contributed by atoms with Crippen LogP contribution in [0.5, 0.6) is 5.88 Å². The van der Waals surface area contributed by atoms with Crippen molar-refractivity contribution in [2.45, 2.75) is 37.1 Å². The Labute approximate surface area is 218 Å². The number of hydrogen-bond acceptors (Lipinski definition) is 7. The molecule has 8 nitrogen and oxygen atoms in total. The highest BCUT2D eigenvalue weighted by Gasteiger charge is 2.77. The van der Waals surface area contributed by atoms with Crippen LogP contribution in [0.25, 0.3) is 10.8 Å². The van der Waals surface area contributed by atoms with Gasteiger partial charge >= 0.3 is 0 Å². The molecule has 37 heavy (non-hydrogen) atoms. The van der Waals surface area contributed by atoms with Crippen molar-refractivity contribution in [1.82, 2.24) is 4.98 Å². The highest BCUT2D eigenvalue weighted by molar-refractivity contribution is 6.30. The number of nitriles is 1. The molecule has 0 radical (unpaired) electrons. The molecule has 5 atom stereocenters. The number of imide groups is 1. The molecule has 4 heterocycles. The summed E-state index contributed by atoms with van der Waals surface area (Å²) in [6, 6.07) is 16.2. The van der Waals surface area contributed by atoms with E-state index in [4.69, 9.17) is 25.8 Å². The Hall–Kier alpha value is -3.51. The minimum absolute atomic E-state index is 0.242. The molecule has 0 aliphatic carbocycles. The Morgan fingerprint density at radius 1 is 1.14 bits per heavy atom. The molecule has 3 saturated heterocycles. The van der Waals surface area contributed by atoms with Gasteiger partial charge in [-0.1, -0.05) is 35.9 Å². The largest absolute Gasteiger partial charge is 0.478 e. The van der Waals surface area contributed by atoms with Gasteiger partial charge in [0.25, 0.3) is 0 Å². The van der Waals surface area contributed by atoms with Crippen molar-refractivity contribution in [3.05, 3.63) is 65.3 Å². The lowest BCUT2D eigenvalue weighted by molar-refractivity contribution is -0.135. The van der Waals surface area contributed by atoms with Crippen LogP contribution in [0.3, 0.4) is 0 Å². The average Bonchev–Trinajstić information content (AvgIpc) is 3.46. The zero-order chi connectivity index (χ0) is 25.9. The van der Waals surface area contributed by atoms with E-state index in [0.717, 1.165) is 0 Å². The summed E-state index contributed by atoms with van der Waals surface area (Å²) in [5.41, 5.74) is -0.913. The second kappa shape index (κ2) is 8.52. The number of hydrogen-bond donors (Lipinski definition) is 0. The molecule has 3 unspecified atom stereocenters. The third kappa shape index (κ3) is 3.38. The predicted octanol–water partition coefficient (Wildman–Crippen LogP) is 4.28. The van der Waals surface area contributed by atoms with Gasteiger partial charge in [0.1, 0.15) is 5.60 Å². The fraction of sp³-hybridized carbons (Fsp3) is 0.357. The third-order valence-electron chi connectivity index (χ3n) is 8.11. The maximum absolute atomic E-state index is 14.1. The van der Waals surface area contributed by atoms with E-state index >= 15 is 0 Å². The highest BCUT2D eigenvalue weighted by Crippen LogP contribution is 2.63. The summed E-state index contributed by atoms with van der Waals surface area (Å²) in [6.45, 7) is 2.10. The van der Waals surface area contributed by atoms with Crippen LogP contribution in [0.4, 0.5) is 5.69 Å². The molecular weight excluding hydrogens is 494 g/mol. The third-order valence-corrected chi connectivity index (χ3v) is 8.33. The summed E-state index contributed by atoms with van der Waals surface area (Å²) in [5, 5.41) is 11.4. The lowest BCUT2D eigenvalue weighted by atomic mass is 9.66. The number of rotatable bonds is 6. The molecule has 2 bridgehead atoms. The van der Waals surface area contributed by atoms with Gasteiger partial charge in [0.15, 0.2) is 0 Å². The molecule has 0 N–H and O–H groups in total. The summed E-state index contributed by atoms with van der Waals surface area (Å²) < 4.78 is 18.2. The van der Waals surface area contributed by atoms with E-state index in [1.54, 1.807) is 31.4 Å². The first-order valence-electron chi connectivity index (χ1n) is 12.1. The van der Waals surface area contributed by atoms with Crippen molar-refractivity contribution >= 4 is 39.9 Å². The van der Waals surface area contributed by atoms with Crippen molar-refractivity contribution in [2.24, 2.45) is 11.8 Å². The van der Waals surface area contributed by atoms with Crippen LogP contribution in [0.15, 0.2) is 54.7 Å². The van der Waals surface area contributed by atoms with E-state index in [1.165, 1.54) is 11.1 Å². The van der Waals surface area contributed by atoms with Crippen molar-refractivity contribution in [3.63, 3.8) is 0 Å². The van der Waals surface area contributed by atoms with Gasteiger partial charge in [-0.15, -0.1) is 0 Å². The number of anilines is 1. The van der Waals surface area contributed by atoms with Crippen molar-refractivity contribution in [1.29, 1.82) is 5.26 Å². The molecular formula is C28H24ClN3O5. The Morgan fingerprint density at radius 3 is 2.59 bits per heavy atom. The zero-order valence-corrected chi connectivity index (χ0v) is 21.1. The fourth-order valence-corrected chi connectivity index (χ4v) is 6.62. The molecule has 0 spiro atoms. The molecule has 188 valence electrons. The van der Waals surface area contributed by atoms with Gasteiger partial charge in [-0.3, -0.25) is 9.59 Å². The van der Waals surface area contributed by atoms with Gasteiger partial charge in [-0.2, -0.15) is 5.26 Å². The Kier molecular flexibility index (Phi) is 5.50. The van der Waals surface area contributed by atoms with E-state index < -0.39 is 23.0 Å². The van der Waals surface area contributed by atoms with Crippen LogP contribution in [0, 0.1) is 23.2 Å². The number of carbonyl (C=O) groups excluding carboxylic acids is 2. The SMILES string of the molecule is CO[C@H]1CC2(CCOc3ccc(Cl)cn3)OC1(C)[C@@H]1C(=O)N(c3ccc(C#N)c4ccccc34)C(=O)C12. The number of halogens is 1. The van der Waals surface area contributed by atoms with Gasteiger partial charge in [-0.05, 0) is 25.1 Å². The number of nitrogens with zero attached hydrogens (tertiary/aromatic N) is 3. The Balaban J connectivity index is 1.37. The van der Waals surface area contributed by atoms with Crippen molar-refractivity contribution < 1.29 is 23.8 Å². The minimum Gasteiger partial charge on any atom is -0.478 e. The molecule has 3 fully saturated rings. The molecule has 2 aromatic carbocycles. The van der Waals surface area contributed by atoms with Crippen LogP contribution >= 0.6 is 11.6 Å². The summed E-state index contributed by atoms with van der Waals surface area (Å²) in [5.74, 6) is -1.56. The fourth-order valence-electron chi connectivity index (χ4n) is 6.51. The first-order chi connectivity index (χ1) is 17.8. The molecule has 3 aliphatic heterocycles. The van der Waals surface area contributed by atoms with E-state index in [9.17, 15) is 14.9 Å². The molecule has 3 aromatic rings. The summed E-state index contributed by atoms with van der Waals surface area (Å²) in [6.07, 6.45) is 2.01. The summed E-state index contributed by atoms with van der Waals surface area (Å²) in [4.78, 5) is 33.5. The van der Waals surface area contributed by atoms with Gasteiger partial charge in [0.05, 0.1) is 52.5 Å². The minimum atomic E-state index is -0.957. The number of aromatic nitrogens is 1. The maximum atomic E-state index is 14.1. The number of fused-ring (bicyclic) bond motifs is 6. The highest BCUT2D eigenvalue weighted by atomic mass is 35.5. The molecule has 9 heteroatoms. The standard InChI is InChI=1S/C28H24ClN3O5/c1-27-21(35-2)13-28(37-27,11-12-36-22-10-8-17(29)15-31-22)24-23(27)25(33)32(26(24)34)20-9-7-16(14-30)18-5-3-4-6-19(18)20/h3-10,15,21,23-24H,11-13H2,1-2H3/t21-,23-,24?,27?,28?/m0/s1. The molecule has 0 saturated carbocycles. The second-order valence-corrected chi connectivity index (χ2v) is 10.4. The van der Waals surface area contributed by atoms with Crippen molar-refractivity contribution in [3.8, 4) is 11.9 Å². The van der Waals surface area contributed by atoms with Gasteiger partial charge in [-0.25, -0.2) is 9.88 Å². The van der Waals surface area contributed by atoms with Gasteiger partial charge in [0, 0.05) is 43.0 Å². The molecule has 6 rings (SSSR count).